The molecule has 6 nitrogen and oxygen atoms in total. The van der Waals surface area contributed by atoms with Gasteiger partial charge >= 0.3 is 0 Å². The van der Waals surface area contributed by atoms with Gasteiger partial charge in [0.05, 0.1) is 6.33 Å². The van der Waals surface area contributed by atoms with Gasteiger partial charge in [0.15, 0.2) is 5.65 Å². The maximum atomic E-state index is 5.66. The van der Waals surface area contributed by atoms with Crippen molar-refractivity contribution in [2.45, 2.75) is 6.92 Å². The third-order valence-corrected chi connectivity index (χ3v) is 2.45. The molecule has 0 fully saturated rings. The lowest BCUT2D eigenvalue weighted by Crippen LogP contribution is -1.98. The van der Waals surface area contributed by atoms with E-state index in [1.54, 1.807) is 18.7 Å². The summed E-state index contributed by atoms with van der Waals surface area (Å²) >= 11 is 0. The Morgan fingerprint density at radius 2 is 2.12 bits per heavy atom. The van der Waals surface area contributed by atoms with Crippen LogP contribution in [-0.4, -0.2) is 24.9 Å². The first-order chi connectivity index (χ1) is 8.24. The highest BCUT2D eigenvalue weighted by Gasteiger charge is 2.10. The standard InChI is InChI=1S/C11H10N6/c1-6-2-7(4-13-3-6)8-9-10(15-5-14-9)17-11(12)16-8/h2-5H,1H3,(H3,12,14,15,16,17). The molecule has 0 saturated carbocycles. The van der Waals surface area contributed by atoms with Crippen molar-refractivity contribution < 1.29 is 0 Å². The number of rotatable bonds is 1. The zero-order valence-electron chi connectivity index (χ0n) is 9.18. The van der Waals surface area contributed by atoms with Gasteiger partial charge in [0.2, 0.25) is 5.95 Å². The summed E-state index contributed by atoms with van der Waals surface area (Å²) in [4.78, 5) is 19.5. The van der Waals surface area contributed by atoms with Crippen LogP contribution in [0.15, 0.2) is 24.8 Å². The average molecular weight is 226 g/mol. The van der Waals surface area contributed by atoms with Gasteiger partial charge in [-0.3, -0.25) is 4.98 Å². The summed E-state index contributed by atoms with van der Waals surface area (Å²) < 4.78 is 0. The second-order valence-electron chi connectivity index (χ2n) is 3.78. The summed E-state index contributed by atoms with van der Waals surface area (Å²) in [6.45, 7) is 1.98. The molecule has 84 valence electrons. The summed E-state index contributed by atoms with van der Waals surface area (Å²) in [5, 5.41) is 0. The van der Waals surface area contributed by atoms with Gasteiger partial charge in [-0.05, 0) is 18.6 Å². The van der Waals surface area contributed by atoms with E-state index < -0.39 is 0 Å². The number of nitrogen functional groups attached to an aromatic ring is 1. The van der Waals surface area contributed by atoms with Crippen molar-refractivity contribution in [1.29, 1.82) is 0 Å². The van der Waals surface area contributed by atoms with E-state index in [-0.39, 0.29) is 5.95 Å². The normalized spacial score (nSPS) is 10.9. The van der Waals surface area contributed by atoms with E-state index in [0.29, 0.717) is 5.65 Å². The maximum Gasteiger partial charge on any atom is 0.222 e. The van der Waals surface area contributed by atoms with Crippen LogP contribution in [0.25, 0.3) is 22.4 Å². The van der Waals surface area contributed by atoms with Crippen molar-refractivity contribution in [3.63, 3.8) is 0 Å². The lowest BCUT2D eigenvalue weighted by Gasteiger charge is -2.03. The molecular formula is C11H10N6. The molecule has 17 heavy (non-hydrogen) atoms. The van der Waals surface area contributed by atoms with E-state index in [9.17, 15) is 0 Å². The molecule has 0 amide bonds. The number of imidazole rings is 1. The van der Waals surface area contributed by atoms with Crippen LogP contribution >= 0.6 is 0 Å². The second kappa shape index (κ2) is 3.51. The molecule has 3 N–H and O–H groups in total. The molecule has 0 radical (unpaired) electrons. The fourth-order valence-corrected chi connectivity index (χ4v) is 1.74. The van der Waals surface area contributed by atoms with Crippen LogP contribution in [0.2, 0.25) is 0 Å². The monoisotopic (exact) mass is 226 g/mol. The van der Waals surface area contributed by atoms with Crippen LogP contribution in [0.1, 0.15) is 5.56 Å². The lowest BCUT2D eigenvalue weighted by atomic mass is 10.1. The molecule has 3 rings (SSSR count). The maximum absolute atomic E-state index is 5.66. The summed E-state index contributed by atoms with van der Waals surface area (Å²) in [5.74, 6) is 0.209. The van der Waals surface area contributed by atoms with E-state index in [1.165, 1.54) is 0 Å². The van der Waals surface area contributed by atoms with Crippen molar-refractivity contribution in [3.05, 3.63) is 30.4 Å². The van der Waals surface area contributed by atoms with Gasteiger partial charge in [-0.15, -0.1) is 0 Å². The minimum absolute atomic E-state index is 0.209. The fraction of sp³-hybridized carbons (Fsp3) is 0.0909. The molecule has 0 aliphatic rings. The van der Waals surface area contributed by atoms with Crippen molar-refractivity contribution >= 4 is 17.1 Å². The molecule has 0 aliphatic heterocycles. The van der Waals surface area contributed by atoms with E-state index in [4.69, 9.17) is 5.73 Å². The topological polar surface area (TPSA) is 93.4 Å². The number of H-pyrrole nitrogens is 1. The lowest BCUT2D eigenvalue weighted by molar-refractivity contribution is 1.20. The SMILES string of the molecule is Cc1cncc(-c2nc(N)nc3nc[nH]c23)c1. The Morgan fingerprint density at radius 1 is 1.24 bits per heavy atom. The molecule has 3 heterocycles. The second-order valence-corrected chi connectivity index (χ2v) is 3.78. The highest BCUT2D eigenvalue weighted by atomic mass is 15.1. The predicted octanol–water partition coefficient (Wildman–Crippen LogP) is 1.31. The Labute approximate surface area is 97.0 Å². The van der Waals surface area contributed by atoms with Crippen LogP contribution in [-0.2, 0) is 0 Å². The number of aromatic nitrogens is 5. The minimum Gasteiger partial charge on any atom is -0.368 e. The largest absolute Gasteiger partial charge is 0.368 e. The third kappa shape index (κ3) is 1.59. The number of aromatic amines is 1. The number of nitrogens with zero attached hydrogens (tertiary/aromatic N) is 4. The van der Waals surface area contributed by atoms with Gasteiger partial charge in [-0.2, -0.15) is 4.98 Å². The first-order valence-corrected chi connectivity index (χ1v) is 5.12. The fourth-order valence-electron chi connectivity index (χ4n) is 1.74. The molecule has 0 aliphatic carbocycles. The molecule has 6 heteroatoms. The zero-order valence-corrected chi connectivity index (χ0v) is 9.18. The molecule has 0 aromatic carbocycles. The number of fused-ring (bicyclic) bond motifs is 1. The molecule has 0 bridgehead atoms. The number of nitrogens with two attached hydrogens (primary N) is 1. The van der Waals surface area contributed by atoms with Crippen molar-refractivity contribution in [3.8, 4) is 11.3 Å². The summed E-state index contributed by atoms with van der Waals surface area (Å²) in [6.07, 6.45) is 5.11. The summed E-state index contributed by atoms with van der Waals surface area (Å²) in [5.41, 5.74) is 9.68. The van der Waals surface area contributed by atoms with Crippen molar-refractivity contribution in [1.82, 2.24) is 24.9 Å². The molecule has 0 spiro atoms. The summed E-state index contributed by atoms with van der Waals surface area (Å²) in [6, 6.07) is 2.00. The average Bonchev–Trinajstić information content (AvgIpc) is 2.75. The van der Waals surface area contributed by atoms with Crippen LogP contribution < -0.4 is 5.73 Å². The van der Waals surface area contributed by atoms with E-state index in [2.05, 4.69) is 24.9 Å². The Bertz CT molecular complexity index is 687. The Balaban J connectivity index is 2.32. The van der Waals surface area contributed by atoms with Crippen LogP contribution in [0.3, 0.4) is 0 Å². The van der Waals surface area contributed by atoms with Gasteiger partial charge < -0.3 is 10.7 Å². The summed E-state index contributed by atoms with van der Waals surface area (Å²) in [7, 11) is 0. The van der Waals surface area contributed by atoms with Crippen molar-refractivity contribution in [2.24, 2.45) is 0 Å². The Morgan fingerprint density at radius 3 is 2.94 bits per heavy atom. The van der Waals surface area contributed by atoms with E-state index >= 15 is 0 Å². The number of anilines is 1. The Kier molecular flexibility index (Phi) is 2.01. The molecule has 3 aromatic rings. The quantitative estimate of drug-likeness (QED) is 0.652. The molecule has 0 saturated heterocycles. The van der Waals surface area contributed by atoms with Gasteiger partial charge in [0, 0.05) is 18.0 Å². The number of pyridine rings is 1. The van der Waals surface area contributed by atoms with Gasteiger partial charge in [0.1, 0.15) is 11.2 Å². The van der Waals surface area contributed by atoms with Gasteiger partial charge in [0.25, 0.3) is 0 Å². The van der Waals surface area contributed by atoms with Crippen LogP contribution in [0.4, 0.5) is 5.95 Å². The molecule has 3 aromatic heterocycles. The minimum atomic E-state index is 0.209. The number of aryl methyl sites for hydroxylation is 1. The zero-order chi connectivity index (χ0) is 11.8. The van der Waals surface area contributed by atoms with Crippen LogP contribution in [0, 0.1) is 6.92 Å². The van der Waals surface area contributed by atoms with E-state index in [0.717, 1.165) is 22.3 Å². The van der Waals surface area contributed by atoms with Crippen molar-refractivity contribution in [2.75, 3.05) is 5.73 Å². The number of nitrogens with one attached hydrogen (secondary N) is 1. The van der Waals surface area contributed by atoms with E-state index in [1.807, 2.05) is 13.0 Å². The first-order valence-electron chi connectivity index (χ1n) is 5.12. The van der Waals surface area contributed by atoms with Gasteiger partial charge in [-0.25, -0.2) is 9.97 Å². The van der Waals surface area contributed by atoms with Crippen LogP contribution in [0.5, 0.6) is 0 Å². The number of hydrogen-bond donors (Lipinski definition) is 2. The highest BCUT2D eigenvalue weighted by molar-refractivity contribution is 5.87. The molecular weight excluding hydrogens is 216 g/mol. The molecule has 0 unspecified atom stereocenters. The highest BCUT2D eigenvalue weighted by Crippen LogP contribution is 2.24. The van der Waals surface area contributed by atoms with Gasteiger partial charge in [-0.1, -0.05) is 0 Å². The predicted molar refractivity (Wildman–Crippen MR) is 64.1 cm³/mol. The smallest absolute Gasteiger partial charge is 0.222 e. The third-order valence-electron chi connectivity index (χ3n) is 2.45. The first kappa shape index (κ1) is 9.71. The Hall–Kier alpha value is -2.50. The number of hydrogen-bond acceptors (Lipinski definition) is 5. The molecule has 0 atom stereocenters.